The van der Waals surface area contributed by atoms with E-state index in [0.717, 1.165) is 46.1 Å². The molecule has 0 aliphatic heterocycles. The fourth-order valence-corrected chi connectivity index (χ4v) is 5.68. The van der Waals surface area contributed by atoms with Crippen molar-refractivity contribution in [1.29, 1.82) is 0 Å². The van der Waals surface area contributed by atoms with Crippen LogP contribution >= 0.6 is 11.3 Å². The summed E-state index contributed by atoms with van der Waals surface area (Å²) in [6, 6.07) is 9.67. The fourth-order valence-electron chi connectivity index (χ4n) is 4.60. The van der Waals surface area contributed by atoms with Crippen LogP contribution in [0, 0.1) is 12.3 Å². The molecule has 0 radical (unpaired) electrons. The number of pyridine rings is 1. The molecule has 4 aromatic rings. The molecule has 0 atom stereocenters. The van der Waals surface area contributed by atoms with Crippen LogP contribution in [0.1, 0.15) is 43.2 Å². The molecule has 0 fully saturated rings. The molecule has 0 saturated heterocycles. The van der Waals surface area contributed by atoms with Gasteiger partial charge in [-0.25, -0.2) is 9.97 Å². The smallest absolute Gasteiger partial charge is 0.222 e. The van der Waals surface area contributed by atoms with E-state index in [1.807, 2.05) is 37.4 Å². The molecule has 34 heavy (non-hydrogen) atoms. The molecule has 1 aliphatic rings. The van der Waals surface area contributed by atoms with Gasteiger partial charge < -0.3 is 19.9 Å². The quantitative estimate of drug-likeness (QED) is 0.352. The molecule has 2 N–H and O–H groups in total. The minimum Gasteiger partial charge on any atom is -0.457 e. The highest BCUT2D eigenvalue weighted by atomic mass is 32.1. The first-order valence-corrected chi connectivity index (χ1v) is 12.3. The first-order chi connectivity index (χ1) is 16.2. The summed E-state index contributed by atoms with van der Waals surface area (Å²) in [5.74, 6) is 2.43. The lowest BCUT2D eigenvalue weighted by molar-refractivity contribution is -0.114. The topological polar surface area (TPSA) is 81.1 Å². The Bertz CT molecular complexity index is 1400. The van der Waals surface area contributed by atoms with Crippen molar-refractivity contribution in [2.24, 2.45) is 12.5 Å². The third kappa shape index (κ3) is 4.37. The molecule has 8 heteroatoms. The summed E-state index contributed by atoms with van der Waals surface area (Å²) in [6.07, 6.45) is 5.12. The molecule has 7 nitrogen and oxygen atoms in total. The van der Waals surface area contributed by atoms with E-state index in [9.17, 15) is 4.79 Å². The minimum absolute atomic E-state index is 0.174. The highest BCUT2D eigenvalue weighted by molar-refractivity contribution is 7.16. The number of anilines is 3. The van der Waals surface area contributed by atoms with Crippen LogP contribution in [-0.4, -0.2) is 20.4 Å². The number of hydrogen-bond acceptors (Lipinski definition) is 6. The first-order valence-electron chi connectivity index (χ1n) is 11.4. The number of carbonyl (C=O) groups excluding carboxylic acids is 1. The molecule has 0 unspecified atom stereocenters. The van der Waals surface area contributed by atoms with Gasteiger partial charge in [-0.1, -0.05) is 13.8 Å². The standard InChI is InChI=1S/C26H29N5O2S/c1-15-20(33-18-9-11-27-22(13-18)28-16(2)32)7-6-19-24(15)31(5)25(29-19)30-23-12-17-14-26(3,4)10-8-21(17)34-23/h6-7,9,11-13H,8,10,14H2,1-5H3,(H,29,30)(H,27,28,32). The van der Waals surface area contributed by atoms with Crippen molar-refractivity contribution in [3.05, 3.63) is 52.5 Å². The molecule has 0 bridgehead atoms. The maximum Gasteiger partial charge on any atom is 0.222 e. The third-order valence-electron chi connectivity index (χ3n) is 6.33. The van der Waals surface area contributed by atoms with Gasteiger partial charge in [-0.05, 0) is 61.4 Å². The summed E-state index contributed by atoms with van der Waals surface area (Å²) >= 11 is 1.84. The van der Waals surface area contributed by atoms with Crippen molar-refractivity contribution < 1.29 is 9.53 Å². The van der Waals surface area contributed by atoms with E-state index in [-0.39, 0.29) is 5.91 Å². The SMILES string of the molecule is CC(=O)Nc1cc(Oc2ccc3nc(Nc4cc5c(s4)CCC(C)(C)C5)n(C)c3c2C)ccn1. The van der Waals surface area contributed by atoms with Gasteiger partial charge in [-0.3, -0.25) is 4.79 Å². The Morgan fingerprint density at radius 3 is 2.85 bits per heavy atom. The van der Waals surface area contributed by atoms with Crippen LogP contribution in [0.4, 0.5) is 16.8 Å². The number of imidazole rings is 1. The van der Waals surface area contributed by atoms with E-state index in [2.05, 4.69) is 40.1 Å². The summed E-state index contributed by atoms with van der Waals surface area (Å²) in [6.45, 7) is 8.18. The van der Waals surface area contributed by atoms with Crippen LogP contribution in [0.2, 0.25) is 0 Å². The highest BCUT2D eigenvalue weighted by Crippen LogP contribution is 2.41. The van der Waals surface area contributed by atoms with E-state index in [1.165, 1.54) is 23.8 Å². The lowest BCUT2D eigenvalue weighted by Crippen LogP contribution is -2.20. The van der Waals surface area contributed by atoms with Gasteiger partial charge in [0.05, 0.1) is 16.0 Å². The molecule has 1 amide bonds. The van der Waals surface area contributed by atoms with Gasteiger partial charge in [-0.2, -0.15) is 0 Å². The van der Waals surface area contributed by atoms with Gasteiger partial charge in [0, 0.05) is 36.7 Å². The number of carbonyl (C=O) groups is 1. The van der Waals surface area contributed by atoms with Gasteiger partial charge in [0.25, 0.3) is 0 Å². The zero-order valence-corrected chi connectivity index (χ0v) is 21.0. The van der Waals surface area contributed by atoms with Gasteiger partial charge in [0.15, 0.2) is 0 Å². The number of benzene rings is 1. The molecule has 3 aromatic heterocycles. The molecular weight excluding hydrogens is 446 g/mol. The van der Waals surface area contributed by atoms with Gasteiger partial charge in [0.1, 0.15) is 17.3 Å². The van der Waals surface area contributed by atoms with E-state index >= 15 is 0 Å². The van der Waals surface area contributed by atoms with Crippen molar-refractivity contribution >= 4 is 45.0 Å². The van der Waals surface area contributed by atoms with Crippen molar-refractivity contribution in [3.8, 4) is 11.5 Å². The Morgan fingerprint density at radius 1 is 1.24 bits per heavy atom. The van der Waals surface area contributed by atoms with Gasteiger partial charge >= 0.3 is 0 Å². The zero-order valence-electron chi connectivity index (χ0n) is 20.2. The molecule has 3 heterocycles. The Balaban J connectivity index is 1.42. The molecule has 1 aromatic carbocycles. The third-order valence-corrected chi connectivity index (χ3v) is 7.48. The summed E-state index contributed by atoms with van der Waals surface area (Å²) in [5.41, 5.74) is 4.75. The average molecular weight is 476 g/mol. The molecule has 0 saturated carbocycles. The summed E-state index contributed by atoms with van der Waals surface area (Å²) in [7, 11) is 2.02. The van der Waals surface area contributed by atoms with Crippen LogP contribution in [0.3, 0.4) is 0 Å². The number of fused-ring (bicyclic) bond motifs is 2. The number of aryl methyl sites for hydroxylation is 3. The number of ether oxygens (including phenoxy) is 1. The number of aromatic nitrogens is 3. The van der Waals surface area contributed by atoms with Crippen LogP contribution in [-0.2, 0) is 24.7 Å². The Labute approximate surface area is 203 Å². The number of nitrogens with one attached hydrogen (secondary N) is 2. The summed E-state index contributed by atoms with van der Waals surface area (Å²) < 4.78 is 8.22. The second-order valence-electron chi connectivity index (χ2n) is 9.74. The van der Waals surface area contributed by atoms with Crippen LogP contribution in [0.5, 0.6) is 11.5 Å². The minimum atomic E-state index is -0.174. The normalized spacial score (nSPS) is 14.6. The van der Waals surface area contributed by atoms with Gasteiger partial charge in [0.2, 0.25) is 11.9 Å². The lowest BCUT2D eigenvalue weighted by atomic mass is 9.77. The van der Waals surface area contributed by atoms with Crippen molar-refractivity contribution in [3.63, 3.8) is 0 Å². The van der Waals surface area contributed by atoms with Crippen LogP contribution < -0.4 is 15.4 Å². The van der Waals surface area contributed by atoms with Crippen molar-refractivity contribution in [1.82, 2.24) is 14.5 Å². The number of amides is 1. The number of nitrogens with zero attached hydrogens (tertiary/aromatic N) is 3. The molecule has 0 spiro atoms. The van der Waals surface area contributed by atoms with Gasteiger partial charge in [-0.15, -0.1) is 11.3 Å². The highest BCUT2D eigenvalue weighted by Gasteiger charge is 2.27. The first kappa shape index (κ1) is 22.4. The lowest BCUT2D eigenvalue weighted by Gasteiger charge is -2.28. The summed E-state index contributed by atoms with van der Waals surface area (Å²) in [4.78, 5) is 21.8. The number of rotatable bonds is 5. The van der Waals surface area contributed by atoms with E-state index in [0.29, 0.717) is 17.0 Å². The molecular formula is C26H29N5O2S. The fraction of sp³-hybridized carbons (Fsp3) is 0.346. The van der Waals surface area contributed by atoms with Crippen LogP contribution in [0.15, 0.2) is 36.5 Å². The Morgan fingerprint density at radius 2 is 2.06 bits per heavy atom. The monoisotopic (exact) mass is 475 g/mol. The molecule has 5 rings (SSSR count). The number of hydrogen-bond donors (Lipinski definition) is 2. The maximum atomic E-state index is 11.3. The predicted octanol–water partition coefficient (Wildman–Crippen LogP) is 6.35. The second-order valence-corrected chi connectivity index (χ2v) is 10.9. The van der Waals surface area contributed by atoms with E-state index < -0.39 is 0 Å². The van der Waals surface area contributed by atoms with Crippen molar-refractivity contribution in [2.45, 2.75) is 47.0 Å². The molecule has 176 valence electrons. The Kier molecular flexibility index (Phi) is 5.56. The predicted molar refractivity (Wildman–Crippen MR) is 137 cm³/mol. The largest absolute Gasteiger partial charge is 0.457 e. The van der Waals surface area contributed by atoms with E-state index in [1.54, 1.807) is 18.3 Å². The molecule has 1 aliphatic carbocycles. The second kappa shape index (κ2) is 8.43. The average Bonchev–Trinajstić information content (AvgIpc) is 3.29. The summed E-state index contributed by atoms with van der Waals surface area (Å²) in [5, 5.41) is 7.37. The maximum absolute atomic E-state index is 11.3. The number of thiophene rings is 1. The van der Waals surface area contributed by atoms with Crippen LogP contribution in [0.25, 0.3) is 11.0 Å². The Hall–Kier alpha value is -3.39. The van der Waals surface area contributed by atoms with Crippen molar-refractivity contribution in [2.75, 3.05) is 10.6 Å². The zero-order chi connectivity index (χ0) is 24.0. The van der Waals surface area contributed by atoms with E-state index in [4.69, 9.17) is 9.72 Å².